The van der Waals surface area contributed by atoms with Crippen LogP contribution in [-0.2, 0) is 24.2 Å². The number of aryl methyl sites for hydroxylation is 1. The van der Waals surface area contributed by atoms with E-state index in [9.17, 15) is 9.90 Å². The second kappa shape index (κ2) is 7.35. The van der Waals surface area contributed by atoms with Crippen LogP contribution in [0.5, 0.6) is 0 Å². The Morgan fingerprint density at radius 1 is 1.32 bits per heavy atom. The Labute approximate surface area is 148 Å². The summed E-state index contributed by atoms with van der Waals surface area (Å²) < 4.78 is 2.15. The monoisotopic (exact) mass is 342 g/mol. The molecule has 6 heteroatoms. The average Bonchev–Trinajstić information content (AvgIpc) is 3.05. The number of hydrogen-bond donors (Lipinski definition) is 2. The number of fused-ring (bicyclic) bond motifs is 1. The molecule has 0 radical (unpaired) electrons. The number of aliphatic hydroxyl groups is 1. The Balaban J connectivity index is 1.57. The van der Waals surface area contributed by atoms with Crippen molar-refractivity contribution in [3.8, 4) is 0 Å². The van der Waals surface area contributed by atoms with Crippen molar-refractivity contribution >= 4 is 5.91 Å². The zero-order valence-electron chi connectivity index (χ0n) is 14.9. The van der Waals surface area contributed by atoms with E-state index in [0.29, 0.717) is 13.0 Å². The van der Waals surface area contributed by atoms with E-state index < -0.39 is 5.60 Å². The molecule has 1 aromatic heterocycles. The van der Waals surface area contributed by atoms with Gasteiger partial charge in [-0.1, -0.05) is 37.3 Å². The molecule has 2 N–H and O–H groups in total. The number of carbonyl (C=O) groups excluding carboxylic acids is 1. The third-order valence-electron chi connectivity index (χ3n) is 5.17. The van der Waals surface area contributed by atoms with Gasteiger partial charge in [0.05, 0.1) is 0 Å². The number of carbonyl (C=O) groups is 1. The van der Waals surface area contributed by atoms with Crippen LogP contribution in [0.15, 0.2) is 30.3 Å². The SMILES string of the molecule is CC(c1ccccc1)C(C)(O)C(=O)NCCc1nnc2n1CCCC2. The van der Waals surface area contributed by atoms with Gasteiger partial charge in [0.25, 0.3) is 5.91 Å². The Hall–Kier alpha value is -2.21. The first-order chi connectivity index (χ1) is 12.0. The zero-order valence-corrected chi connectivity index (χ0v) is 14.9. The van der Waals surface area contributed by atoms with Gasteiger partial charge in [-0.25, -0.2) is 0 Å². The van der Waals surface area contributed by atoms with Gasteiger partial charge in [0, 0.05) is 31.8 Å². The van der Waals surface area contributed by atoms with Gasteiger partial charge in [-0.2, -0.15) is 0 Å². The number of nitrogens with zero attached hydrogens (tertiary/aromatic N) is 3. The van der Waals surface area contributed by atoms with Crippen LogP contribution in [0.4, 0.5) is 0 Å². The van der Waals surface area contributed by atoms with Crippen LogP contribution < -0.4 is 5.32 Å². The minimum atomic E-state index is -1.47. The van der Waals surface area contributed by atoms with Gasteiger partial charge in [0.15, 0.2) is 0 Å². The predicted molar refractivity (Wildman–Crippen MR) is 95.2 cm³/mol. The highest BCUT2D eigenvalue weighted by molar-refractivity contribution is 5.85. The number of aromatic nitrogens is 3. The average molecular weight is 342 g/mol. The molecule has 0 saturated carbocycles. The summed E-state index contributed by atoms with van der Waals surface area (Å²) in [5.41, 5.74) is -0.528. The normalized spacial score (nSPS) is 17.4. The molecule has 0 spiro atoms. The number of nitrogens with one attached hydrogen (secondary N) is 1. The maximum absolute atomic E-state index is 12.5. The van der Waals surface area contributed by atoms with E-state index >= 15 is 0 Å². The van der Waals surface area contributed by atoms with Gasteiger partial charge < -0.3 is 15.0 Å². The quantitative estimate of drug-likeness (QED) is 0.839. The standard InChI is InChI=1S/C19H26N4O2/c1-14(15-8-4-3-5-9-15)19(2,25)18(24)20-12-11-17-22-21-16-10-6-7-13-23(16)17/h3-5,8-9,14,25H,6-7,10-13H2,1-2H3,(H,20,24). The summed E-state index contributed by atoms with van der Waals surface area (Å²) in [7, 11) is 0. The molecule has 2 unspecified atom stereocenters. The van der Waals surface area contributed by atoms with Crippen molar-refractivity contribution in [2.24, 2.45) is 0 Å². The molecular formula is C19H26N4O2. The lowest BCUT2D eigenvalue weighted by Crippen LogP contribution is -2.48. The Morgan fingerprint density at radius 2 is 2.08 bits per heavy atom. The van der Waals surface area contributed by atoms with Crippen LogP contribution in [-0.4, -0.2) is 37.9 Å². The molecule has 2 aromatic rings. The van der Waals surface area contributed by atoms with Gasteiger partial charge in [0.2, 0.25) is 0 Å². The molecule has 0 saturated heterocycles. The fourth-order valence-corrected chi connectivity index (χ4v) is 3.28. The molecule has 6 nitrogen and oxygen atoms in total. The minimum absolute atomic E-state index is 0.297. The van der Waals surface area contributed by atoms with Crippen molar-refractivity contribution in [1.82, 2.24) is 20.1 Å². The molecule has 2 atom stereocenters. The van der Waals surface area contributed by atoms with E-state index in [2.05, 4.69) is 20.1 Å². The molecule has 1 aromatic carbocycles. The van der Waals surface area contributed by atoms with Crippen LogP contribution in [0.1, 0.15) is 49.8 Å². The summed E-state index contributed by atoms with van der Waals surface area (Å²) in [6.07, 6.45) is 3.90. The number of rotatable bonds is 6. The molecule has 25 heavy (non-hydrogen) atoms. The van der Waals surface area contributed by atoms with E-state index in [1.54, 1.807) is 6.92 Å². The Kier molecular flexibility index (Phi) is 5.18. The second-order valence-electron chi connectivity index (χ2n) is 6.93. The van der Waals surface area contributed by atoms with Gasteiger partial charge in [-0.05, 0) is 25.3 Å². The maximum atomic E-state index is 12.5. The smallest absolute Gasteiger partial charge is 0.252 e. The molecule has 1 aliphatic heterocycles. The molecular weight excluding hydrogens is 316 g/mol. The van der Waals surface area contributed by atoms with Crippen molar-refractivity contribution in [1.29, 1.82) is 0 Å². The van der Waals surface area contributed by atoms with E-state index in [0.717, 1.165) is 43.0 Å². The van der Waals surface area contributed by atoms with Gasteiger partial charge in [-0.15, -0.1) is 10.2 Å². The molecule has 3 rings (SSSR count). The molecule has 2 heterocycles. The van der Waals surface area contributed by atoms with Crippen LogP contribution in [0.25, 0.3) is 0 Å². The van der Waals surface area contributed by atoms with Crippen LogP contribution >= 0.6 is 0 Å². The van der Waals surface area contributed by atoms with E-state index in [-0.39, 0.29) is 11.8 Å². The highest BCUT2D eigenvalue weighted by Crippen LogP contribution is 2.27. The summed E-state index contributed by atoms with van der Waals surface area (Å²) in [5.74, 6) is 1.29. The topological polar surface area (TPSA) is 80.0 Å². The van der Waals surface area contributed by atoms with Crippen LogP contribution in [0.2, 0.25) is 0 Å². The fraction of sp³-hybridized carbons (Fsp3) is 0.526. The summed E-state index contributed by atoms with van der Waals surface area (Å²) in [6.45, 7) is 4.83. The first-order valence-corrected chi connectivity index (χ1v) is 8.96. The maximum Gasteiger partial charge on any atom is 0.252 e. The number of hydrogen-bond acceptors (Lipinski definition) is 4. The summed E-state index contributed by atoms with van der Waals surface area (Å²) >= 11 is 0. The molecule has 0 bridgehead atoms. The zero-order chi connectivity index (χ0) is 17.9. The number of benzene rings is 1. The summed E-state index contributed by atoms with van der Waals surface area (Å²) in [6, 6.07) is 9.59. The van der Waals surface area contributed by atoms with Crippen molar-refractivity contribution in [3.63, 3.8) is 0 Å². The molecule has 134 valence electrons. The first kappa shape index (κ1) is 17.6. The molecule has 1 aliphatic rings. The predicted octanol–water partition coefficient (Wildman–Crippen LogP) is 1.83. The molecule has 0 aliphatic carbocycles. The molecule has 0 fully saturated rings. The lowest BCUT2D eigenvalue weighted by molar-refractivity contribution is -0.139. The van der Waals surface area contributed by atoms with Gasteiger partial charge >= 0.3 is 0 Å². The van der Waals surface area contributed by atoms with Crippen molar-refractivity contribution in [3.05, 3.63) is 47.5 Å². The van der Waals surface area contributed by atoms with Crippen molar-refractivity contribution in [2.75, 3.05) is 6.54 Å². The molecule has 1 amide bonds. The van der Waals surface area contributed by atoms with Crippen molar-refractivity contribution < 1.29 is 9.90 Å². The van der Waals surface area contributed by atoms with Gasteiger partial charge in [-0.3, -0.25) is 4.79 Å². The fourth-order valence-electron chi connectivity index (χ4n) is 3.28. The van der Waals surface area contributed by atoms with Crippen LogP contribution in [0.3, 0.4) is 0 Å². The van der Waals surface area contributed by atoms with Crippen LogP contribution in [0, 0.1) is 0 Å². The third-order valence-corrected chi connectivity index (χ3v) is 5.17. The van der Waals surface area contributed by atoms with Gasteiger partial charge in [0.1, 0.15) is 17.2 Å². The van der Waals surface area contributed by atoms with E-state index in [1.807, 2.05) is 37.3 Å². The van der Waals surface area contributed by atoms with E-state index in [1.165, 1.54) is 0 Å². The minimum Gasteiger partial charge on any atom is -0.380 e. The van der Waals surface area contributed by atoms with Crippen molar-refractivity contribution in [2.45, 2.75) is 57.6 Å². The first-order valence-electron chi connectivity index (χ1n) is 8.96. The lowest BCUT2D eigenvalue weighted by Gasteiger charge is -2.29. The summed E-state index contributed by atoms with van der Waals surface area (Å²) in [4.78, 5) is 12.5. The van der Waals surface area contributed by atoms with E-state index in [4.69, 9.17) is 0 Å². The second-order valence-corrected chi connectivity index (χ2v) is 6.93. The lowest BCUT2D eigenvalue weighted by atomic mass is 9.84. The highest BCUT2D eigenvalue weighted by Gasteiger charge is 2.37. The third kappa shape index (κ3) is 3.74. The largest absolute Gasteiger partial charge is 0.380 e. The Bertz CT molecular complexity index is 724. The highest BCUT2D eigenvalue weighted by atomic mass is 16.3. The Morgan fingerprint density at radius 3 is 2.84 bits per heavy atom. The summed E-state index contributed by atoms with van der Waals surface area (Å²) in [5, 5.41) is 22.0. The number of amides is 1.